The van der Waals surface area contributed by atoms with E-state index in [2.05, 4.69) is 19.7 Å². The van der Waals surface area contributed by atoms with Gasteiger partial charge in [0.25, 0.3) is 0 Å². The monoisotopic (exact) mass is 316 g/mol. The molecule has 112 valence electrons. The van der Waals surface area contributed by atoms with Crippen LogP contribution in [0.1, 0.15) is 5.69 Å². The summed E-state index contributed by atoms with van der Waals surface area (Å²) in [6, 6.07) is 4.78. The molecule has 3 heterocycles. The number of aromatic nitrogens is 3. The van der Waals surface area contributed by atoms with Gasteiger partial charge < -0.3 is 4.42 Å². The maximum Gasteiger partial charge on any atom is 0.242 e. The van der Waals surface area contributed by atoms with Gasteiger partial charge in [0, 0.05) is 30.4 Å². The number of nitrogens with zero attached hydrogens (tertiary/aromatic N) is 3. The average Bonchev–Trinajstić information content (AvgIpc) is 3.08. The lowest BCUT2D eigenvalue weighted by Gasteiger charge is -2.08. The number of hydrogen-bond acceptors (Lipinski definition) is 6. The van der Waals surface area contributed by atoms with Crippen molar-refractivity contribution in [3.8, 4) is 11.3 Å². The van der Waals surface area contributed by atoms with Crippen LogP contribution in [0.25, 0.3) is 11.3 Å². The summed E-state index contributed by atoms with van der Waals surface area (Å²) in [7, 11) is -3.65. The first kappa shape index (κ1) is 14.4. The SMILES string of the molecule is O=S(=O)(NCc1nccnc1-c1ccoc1)c1cccnc1. The van der Waals surface area contributed by atoms with Gasteiger partial charge in [-0.05, 0) is 18.2 Å². The second-order valence-corrected chi connectivity index (χ2v) is 6.14. The molecular weight excluding hydrogens is 304 g/mol. The van der Waals surface area contributed by atoms with Gasteiger partial charge in [0.1, 0.15) is 4.90 Å². The first-order valence-corrected chi connectivity index (χ1v) is 7.87. The molecule has 0 saturated carbocycles. The van der Waals surface area contributed by atoms with Crippen LogP contribution in [0, 0.1) is 0 Å². The van der Waals surface area contributed by atoms with Crippen LogP contribution in [0.3, 0.4) is 0 Å². The second-order valence-electron chi connectivity index (χ2n) is 4.38. The minimum Gasteiger partial charge on any atom is -0.472 e. The second kappa shape index (κ2) is 6.04. The van der Waals surface area contributed by atoms with Crippen LogP contribution in [-0.2, 0) is 16.6 Å². The first-order chi connectivity index (χ1) is 10.7. The van der Waals surface area contributed by atoms with Gasteiger partial charge >= 0.3 is 0 Å². The van der Waals surface area contributed by atoms with Crippen molar-refractivity contribution in [3.05, 3.63) is 61.2 Å². The Balaban J connectivity index is 1.83. The number of sulfonamides is 1. The quantitative estimate of drug-likeness (QED) is 0.768. The van der Waals surface area contributed by atoms with Crippen LogP contribution < -0.4 is 4.72 Å². The van der Waals surface area contributed by atoms with Gasteiger partial charge in [0.15, 0.2) is 0 Å². The molecule has 1 N–H and O–H groups in total. The number of hydrogen-bond donors (Lipinski definition) is 1. The Morgan fingerprint density at radius 1 is 1.14 bits per heavy atom. The highest BCUT2D eigenvalue weighted by Crippen LogP contribution is 2.20. The Morgan fingerprint density at radius 3 is 2.73 bits per heavy atom. The lowest BCUT2D eigenvalue weighted by Crippen LogP contribution is -2.24. The predicted molar refractivity (Wildman–Crippen MR) is 78.0 cm³/mol. The molecule has 0 aliphatic heterocycles. The minimum absolute atomic E-state index is 0.0194. The van der Waals surface area contributed by atoms with Crippen LogP contribution in [-0.4, -0.2) is 23.4 Å². The summed E-state index contributed by atoms with van der Waals surface area (Å²) in [6.07, 6.45) is 8.91. The lowest BCUT2D eigenvalue weighted by molar-refractivity contribution is 0.568. The van der Waals surface area contributed by atoms with Crippen LogP contribution in [0.15, 0.2) is 64.8 Å². The number of furan rings is 1. The van der Waals surface area contributed by atoms with Gasteiger partial charge in [-0.1, -0.05) is 0 Å². The van der Waals surface area contributed by atoms with Crippen molar-refractivity contribution in [3.63, 3.8) is 0 Å². The van der Waals surface area contributed by atoms with E-state index in [-0.39, 0.29) is 11.4 Å². The van der Waals surface area contributed by atoms with Gasteiger partial charge in [0.05, 0.1) is 30.5 Å². The molecule has 0 amide bonds. The maximum absolute atomic E-state index is 12.2. The Labute approximate surface area is 127 Å². The summed E-state index contributed by atoms with van der Waals surface area (Å²) in [5.41, 5.74) is 1.82. The highest BCUT2D eigenvalue weighted by molar-refractivity contribution is 7.89. The molecule has 0 saturated heterocycles. The average molecular weight is 316 g/mol. The highest BCUT2D eigenvalue weighted by Gasteiger charge is 2.16. The minimum atomic E-state index is -3.65. The Bertz CT molecular complexity index is 849. The Hall–Kier alpha value is -2.58. The van der Waals surface area contributed by atoms with E-state index in [0.29, 0.717) is 11.4 Å². The van der Waals surface area contributed by atoms with Crippen molar-refractivity contribution < 1.29 is 12.8 Å². The van der Waals surface area contributed by atoms with Crippen molar-refractivity contribution in [1.29, 1.82) is 0 Å². The molecule has 0 aliphatic carbocycles. The van der Waals surface area contributed by atoms with E-state index < -0.39 is 10.0 Å². The van der Waals surface area contributed by atoms with Crippen molar-refractivity contribution >= 4 is 10.0 Å². The van der Waals surface area contributed by atoms with Gasteiger partial charge in [-0.3, -0.25) is 15.0 Å². The molecule has 7 nitrogen and oxygen atoms in total. The highest BCUT2D eigenvalue weighted by atomic mass is 32.2. The Morgan fingerprint density at radius 2 is 2.00 bits per heavy atom. The molecule has 0 aromatic carbocycles. The summed E-state index contributed by atoms with van der Waals surface area (Å²) in [5.74, 6) is 0. The smallest absolute Gasteiger partial charge is 0.242 e. The van der Waals surface area contributed by atoms with E-state index in [9.17, 15) is 8.42 Å². The molecule has 0 aliphatic rings. The Kier molecular flexibility index (Phi) is 3.94. The van der Waals surface area contributed by atoms with Gasteiger partial charge in [-0.15, -0.1) is 0 Å². The summed E-state index contributed by atoms with van der Waals surface area (Å²) in [5, 5.41) is 0. The fourth-order valence-electron chi connectivity index (χ4n) is 1.89. The maximum atomic E-state index is 12.2. The zero-order valence-corrected chi connectivity index (χ0v) is 12.2. The largest absolute Gasteiger partial charge is 0.472 e. The van der Waals surface area contributed by atoms with Crippen molar-refractivity contribution in [2.24, 2.45) is 0 Å². The number of rotatable bonds is 5. The molecule has 0 bridgehead atoms. The van der Waals surface area contributed by atoms with E-state index in [1.54, 1.807) is 18.3 Å². The molecule has 22 heavy (non-hydrogen) atoms. The summed E-state index contributed by atoms with van der Waals surface area (Å²) in [6.45, 7) is 0.0194. The molecule has 3 aromatic rings. The molecule has 3 rings (SSSR count). The summed E-state index contributed by atoms with van der Waals surface area (Å²) < 4.78 is 31.9. The lowest BCUT2D eigenvalue weighted by atomic mass is 10.2. The van der Waals surface area contributed by atoms with E-state index >= 15 is 0 Å². The topological polar surface area (TPSA) is 98.0 Å². The first-order valence-electron chi connectivity index (χ1n) is 6.39. The molecule has 0 fully saturated rings. The van der Waals surface area contributed by atoms with Crippen LogP contribution in [0.4, 0.5) is 0 Å². The zero-order valence-electron chi connectivity index (χ0n) is 11.4. The van der Waals surface area contributed by atoms with Crippen LogP contribution in [0.2, 0.25) is 0 Å². The molecule has 0 spiro atoms. The third kappa shape index (κ3) is 3.02. The molecule has 3 aromatic heterocycles. The van der Waals surface area contributed by atoms with Crippen LogP contribution in [0.5, 0.6) is 0 Å². The summed E-state index contributed by atoms with van der Waals surface area (Å²) in [4.78, 5) is 12.3. The van der Waals surface area contributed by atoms with E-state index in [4.69, 9.17) is 4.42 Å². The normalized spacial score (nSPS) is 11.5. The zero-order chi connectivity index (χ0) is 15.4. The molecule has 0 unspecified atom stereocenters. The van der Waals surface area contributed by atoms with Gasteiger partial charge in [-0.2, -0.15) is 0 Å². The van der Waals surface area contributed by atoms with Crippen molar-refractivity contribution in [2.45, 2.75) is 11.4 Å². The van der Waals surface area contributed by atoms with Crippen molar-refractivity contribution in [1.82, 2.24) is 19.7 Å². The fourth-order valence-corrected chi connectivity index (χ4v) is 2.84. The third-order valence-corrected chi connectivity index (χ3v) is 4.33. The fraction of sp³-hybridized carbons (Fsp3) is 0.0714. The van der Waals surface area contributed by atoms with Crippen molar-refractivity contribution in [2.75, 3.05) is 0 Å². The number of pyridine rings is 1. The molecule has 0 atom stereocenters. The predicted octanol–water partition coefficient (Wildman–Crippen LogP) is 1.61. The van der Waals surface area contributed by atoms with Crippen LogP contribution >= 0.6 is 0 Å². The molecule has 0 radical (unpaired) electrons. The standard InChI is InChI=1S/C14H12N4O3S/c19-22(20,12-2-1-4-15-8-12)18-9-13-14(17-6-5-16-13)11-3-7-21-10-11/h1-8,10,18H,9H2. The summed E-state index contributed by atoms with van der Waals surface area (Å²) >= 11 is 0. The van der Waals surface area contributed by atoms with Gasteiger partial charge in [-0.25, -0.2) is 13.1 Å². The third-order valence-electron chi connectivity index (χ3n) is 2.94. The van der Waals surface area contributed by atoms with E-state index in [0.717, 1.165) is 5.56 Å². The molecule has 8 heteroatoms. The van der Waals surface area contributed by atoms with E-state index in [1.807, 2.05) is 0 Å². The van der Waals surface area contributed by atoms with Gasteiger partial charge in [0.2, 0.25) is 10.0 Å². The number of nitrogens with one attached hydrogen (secondary N) is 1. The molecular formula is C14H12N4O3S. The van der Waals surface area contributed by atoms with E-state index in [1.165, 1.54) is 37.2 Å².